The van der Waals surface area contributed by atoms with Gasteiger partial charge in [0.2, 0.25) is 0 Å². The molecule has 0 spiro atoms. The lowest BCUT2D eigenvalue weighted by Gasteiger charge is -2.15. The molecule has 5 aromatic rings. The minimum atomic E-state index is -0.825. The second kappa shape index (κ2) is 9.83. The van der Waals surface area contributed by atoms with Crippen LogP contribution in [-0.2, 0) is 22.0 Å². The van der Waals surface area contributed by atoms with E-state index in [1.807, 2.05) is 36.4 Å². The first kappa shape index (κ1) is 26.1. The molecule has 1 atom stereocenters. The van der Waals surface area contributed by atoms with Crippen LogP contribution >= 0.6 is 22.7 Å². The number of carbonyl (C=O) groups is 2. The fraction of sp³-hybridized carbons (Fsp3) is 0.207. The molecule has 1 saturated carbocycles. The quantitative estimate of drug-likeness (QED) is 0.206. The average Bonchev–Trinajstić information content (AvgIpc) is 3.34. The zero-order valence-electron chi connectivity index (χ0n) is 21.4. The molecule has 1 aliphatic carbocycles. The fourth-order valence-electron chi connectivity index (χ4n) is 4.70. The smallest absolute Gasteiger partial charge is 0.413 e. The Morgan fingerprint density at radius 2 is 1.70 bits per heavy atom. The van der Waals surface area contributed by atoms with E-state index in [0.29, 0.717) is 17.7 Å². The summed E-state index contributed by atoms with van der Waals surface area (Å²) >= 11 is 2.68. The van der Waals surface area contributed by atoms with Gasteiger partial charge in [0.05, 0.1) is 6.20 Å². The van der Waals surface area contributed by atoms with Crippen molar-refractivity contribution in [2.24, 2.45) is 7.05 Å². The fourth-order valence-corrected chi connectivity index (χ4v) is 7.35. The summed E-state index contributed by atoms with van der Waals surface area (Å²) in [6, 6.07) is 15.1. The molecular weight excluding hydrogens is 556 g/mol. The van der Waals surface area contributed by atoms with Gasteiger partial charge in [-0.25, -0.2) is 13.6 Å². The number of thiophene rings is 2. The number of halogens is 2. The molecule has 204 valence electrons. The maximum atomic E-state index is 15.5. The van der Waals surface area contributed by atoms with Gasteiger partial charge >= 0.3 is 12.1 Å². The normalized spacial score (nSPS) is 14.7. The minimum Gasteiger partial charge on any atom is -0.481 e. The number of hydrogen-bond acceptors (Lipinski definition) is 6. The molecule has 7 nitrogen and oxygen atoms in total. The maximum absolute atomic E-state index is 15.5. The summed E-state index contributed by atoms with van der Waals surface area (Å²) < 4.78 is 39.4. The third-order valence-corrected chi connectivity index (χ3v) is 9.69. The number of nitrogens with zero attached hydrogens (tertiary/aromatic N) is 2. The Hall–Kier alpha value is -4.09. The van der Waals surface area contributed by atoms with Crippen LogP contribution in [0.5, 0.6) is 0 Å². The molecule has 2 aromatic carbocycles. The summed E-state index contributed by atoms with van der Waals surface area (Å²) in [5.74, 6) is -1.98. The van der Waals surface area contributed by atoms with Crippen LogP contribution in [0.1, 0.15) is 36.3 Å². The van der Waals surface area contributed by atoms with Crippen molar-refractivity contribution in [3.8, 4) is 21.6 Å². The van der Waals surface area contributed by atoms with Gasteiger partial charge in [-0.05, 0) is 49.6 Å². The number of hydrogen-bond donors (Lipinski definition) is 2. The molecule has 1 amide bonds. The van der Waals surface area contributed by atoms with Crippen LogP contribution < -0.4 is 5.32 Å². The van der Waals surface area contributed by atoms with Crippen LogP contribution in [0.15, 0.2) is 60.8 Å². The molecule has 0 bridgehead atoms. The van der Waals surface area contributed by atoms with Gasteiger partial charge in [-0.1, -0.05) is 30.3 Å². The number of aryl methyl sites for hydroxylation is 1. The van der Waals surface area contributed by atoms with Crippen LogP contribution in [0.4, 0.5) is 19.4 Å². The molecule has 1 fully saturated rings. The van der Waals surface area contributed by atoms with Gasteiger partial charge in [-0.2, -0.15) is 5.10 Å². The van der Waals surface area contributed by atoms with Crippen LogP contribution in [0, 0.1) is 11.6 Å². The van der Waals surface area contributed by atoms with Gasteiger partial charge in [-0.3, -0.25) is 14.8 Å². The van der Waals surface area contributed by atoms with E-state index in [0.717, 1.165) is 32.0 Å². The van der Waals surface area contributed by atoms with Gasteiger partial charge in [0.15, 0.2) is 0 Å². The summed E-state index contributed by atoms with van der Waals surface area (Å²) in [6.07, 6.45) is 1.29. The Morgan fingerprint density at radius 1 is 1.02 bits per heavy atom. The molecule has 3 aromatic heterocycles. The first-order chi connectivity index (χ1) is 19.2. The maximum Gasteiger partial charge on any atom is 0.413 e. The summed E-state index contributed by atoms with van der Waals surface area (Å²) in [7, 11) is 1.57. The standard InChI is InChI=1S/C29H23F2N3O4S2/c1-15(16-6-4-3-5-7-16)38-28(37)33-26-19(14-32-34(26)2)17-10-21(31)18(11-20(17)30)22-12-23-24(39-22)13-25(40-23)29(8-9-29)27(35)36/h3-7,10-15H,8-9H2,1-2H3,(H,33,37)(H,35,36). The van der Waals surface area contributed by atoms with Crippen molar-refractivity contribution in [2.45, 2.75) is 31.3 Å². The molecule has 0 radical (unpaired) electrons. The van der Waals surface area contributed by atoms with E-state index in [4.69, 9.17) is 4.74 Å². The van der Waals surface area contributed by atoms with Crippen LogP contribution in [-0.4, -0.2) is 26.9 Å². The first-order valence-electron chi connectivity index (χ1n) is 12.5. The number of nitrogens with one attached hydrogen (secondary N) is 1. The number of aliphatic carboxylic acids is 1. The minimum absolute atomic E-state index is 0.0569. The summed E-state index contributed by atoms with van der Waals surface area (Å²) in [5.41, 5.74) is 0.258. The predicted octanol–water partition coefficient (Wildman–Crippen LogP) is 7.73. The van der Waals surface area contributed by atoms with E-state index < -0.39 is 35.2 Å². The number of rotatable bonds is 7. The highest BCUT2D eigenvalue weighted by molar-refractivity contribution is 7.29. The lowest BCUT2D eigenvalue weighted by atomic mass is 10.0. The van der Waals surface area contributed by atoms with Crippen molar-refractivity contribution >= 4 is 50.0 Å². The van der Waals surface area contributed by atoms with E-state index in [1.54, 1.807) is 20.0 Å². The molecule has 0 saturated heterocycles. The Morgan fingerprint density at radius 3 is 2.38 bits per heavy atom. The number of aromatic nitrogens is 2. The number of benzene rings is 2. The Bertz CT molecular complexity index is 1740. The summed E-state index contributed by atoms with van der Waals surface area (Å²) in [4.78, 5) is 25.6. The van der Waals surface area contributed by atoms with Gasteiger partial charge in [0.25, 0.3) is 0 Å². The molecule has 3 heterocycles. The van der Waals surface area contributed by atoms with Crippen molar-refractivity contribution in [1.29, 1.82) is 0 Å². The van der Waals surface area contributed by atoms with E-state index in [-0.39, 0.29) is 22.5 Å². The van der Waals surface area contributed by atoms with Crippen LogP contribution in [0.3, 0.4) is 0 Å². The van der Waals surface area contributed by atoms with Crippen LogP contribution in [0.2, 0.25) is 0 Å². The number of anilines is 1. The van der Waals surface area contributed by atoms with E-state index >= 15 is 8.78 Å². The predicted molar refractivity (Wildman–Crippen MR) is 151 cm³/mol. The van der Waals surface area contributed by atoms with Gasteiger partial charge in [0, 0.05) is 42.9 Å². The lowest BCUT2D eigenvalue weighted by Crippen LogP contribution is -2.18. The summed E-state index contributed by atoms with van der Waals surface area (Å²) in [5, 5.41) is 16.3. The average molecular weight is 580 g/mol. The van der Waals surface area contributed by atoms with Crippen molar-refractivity contribution in [1.82, 2.24) is 9.78 Å². The van der Waals surface area contributed by atoms with Gasteiger partial charge in [-0.15, -0.1) is 22.7 Å². The molecule has 2 N–H and O–H groups in total. The van der Waals surface area contributed by atoms with E-state index in [2.05, 4.69) is 10.4 Å². The van der Waals surface area contributed by atoms with E-state index in [1.165, 1.54) is 33.6 Å². The number of fused-ring (bicyclic) bond motifs is 1. The lowest BCUT2D eigenvalue weighted by molar-refractivity contribution is -0.139. The molecular formula is C29H23F2N3O4S2. The van der Waals surface area contributed by atoms with Gasteiger partial charge < -0.3 is 9.84 Å². The Labute approximate surface area is 235 Å². The zero-order valence-corrected chi connectivity index (χ0v) is 23.0. The Kier molecular flexibility index (Phi) is 6.42. The number of carboxylic acids is 1. The first-order valence-corrected chi connectivity index (χ1v) is 14.1. The highest BCUT2D eigenvalue weighted by Gasteiger charge is 2.53. The molecule has 11 heteroatoms. The second-order valence-corrected chi connectivity index (χ2v) is 11.9. The molecule has 1 unspecified atom stereocenters. The largest absolute Gasteiger partial charge is 0.481 e. The molecule has 1 aliphatic rings. The van der Waals surface area contributed by atoms with Gasteiger partial charge in [0.1, 0.15) is 29.0 Å². The van der Waals surface area contributed by atoms with Crippen LogP contribution in [0.25, 0.3) is 31.0 Å². The van der Waals surface area contributed by atoms with Crippen molar-refractivity contribution < 1.29 is 28.2 Å². The molecule has 0 aliphatic heterocycles. The number of carboxylic acid groups (broad SMARTS) is 1. The van der Waals surface area contributed by atoms with Crippen molar-refractivity contribution in [3.05, 3.63) is 82.9 Å². The SMILES string of the molecule is CC(OC(=O)Nc1c(-c2cc(F)c(-c3cc4sc(C5(C(=O)O)CC5)cc4s3)cc2F)cnn1C)c1ccccc1. The topological polar surface area (TPSA) is 93.4 Å². The van der Waals surface area contributed by atoms with E-state index in [9.17, 15) is 14.7 Å². The highest BCUT2D eigenvalue weighted by atomic mass is 32.1. The Balaban J connectivity index is 1.26. The third-order valence-electron chi connectivity index (χ3n) is 7.16. The number of amides is 1. The number of carbonyl (C=O) groups excluding carboxylic acids is 1. The second-order valence-electron chi connectivity index (χ2n) is 9.76. The monoisotopic (exact) mass is 579 g/mol. The molecule has 40 heavy (non-hydrogen) atoms. The number of ether oxygens (including phenoxy) is 1. The summed E-state index contributed by atoms with van der Waals surface area (Å²) in [6.45, 7) is 1.73. The highest BCUT2D eigenvalue weighted by Crippen LogP contribution is 2.53. The third kappa shape index (κ3) is 4.54. The molecule has 6 rings (SSSR count). The van der Waals surface area contributed by atoms with Crippen molar-refractivity contribution in [3.63, 3.8) is 0 Å². The van der Waals surface area contributed by atoms with Crippen molar-refractivity contribution in [2.75, 3.05) is 5.32 Å². The zero-order chi connectivity index (χ0) is 28.2.